The van der Waals surface area contributed by atoms with E-state index in [4.69, 9.17) is 11.6 Å². The van der Waals surface area contributed by atoms with Crippen molar-refractivity contribution in [1.29, 1.82) is 5.26 Å². The van der Waals surface area contributed by atoms with E-state index in [9.17, 15) is 10.1 Å². The number of fused-ring (bicyclic) bond motifs is 1. The van der Waals surface area contributed by atoms with E-state index in [0.29, 0.717) is 22.7 Å². The summed E-state index contributed by atoms with van der Waals surface area (Å²) in [5, 5.41) is 12.8. The van der Waals surface area contributed by atoms with Gasteiger partial charge in [-0.1, -0.05) is 30.7 Å². The second kappa shape index (κ2) is 8.77. The first-order valence-electron chi connectivity index (χ1n) is 10.7. The minimum Gasteiger partial charge on any atom is -0.364 e. The first kappa shape index (κ1) is 22.9. The highest BCUT2D eigenvalue weighted by Crippen LogP contribution is 2.45. The molecule has 162 valence electrons. The van der Waals surface area contributed by atoms with Gasteiger partial charge in [0.2, 0.25) is 0 Å². The van der Waals surface area contributed by atoms with Crippen LogP contribution in [0.5, 0.6) is 0 Å². The highest BCUT2D eigenvalue weighted by molar-refractivity contribution is 6.34. The third-order valence-electron chi connectivity index (χ3n) is 5.97. The highest BCUT2D eigenvalue weighted by atomic mass is 35.5. The maximum Gasteiger partial charge on any atom is 0.266 e. The smallest absolute Gasteiger partial charge is 0.266 e. The van der Waals surface area contributed by atoms with Crippen molar-refractivity contribution in [2.75, 3.05) is 10.2 Å². The number of aryl methyl sites for hydroxylation is 1. The summed E-state index contributed by atoms with van der Waals surface area (Å²) < 4.78 is 0. The molecule has 0 saturated carbocycles. The van der Waals surface area contributed by atoms with Crippen molar-refractivity contribution in [2.24, 2.45) is 0 Å². The van der Waals surface area contributed by atoms with Gasteiger partial charge in [-0.3, -0.25) is 4.79 Å². The molecule has 31 heavy (non-hydrogen) atoms. The fourth-order valence-electron chi connectivity index (χ4n) is 4.80. The molecule has 5 heteroatoms. The molecule has 1 aliphatic heterocycles. The van der Waals surface area contributed by atoms with Crippen LogP contribution in [0.3, 0.4) is 0 Å². The quantitative estimate of drug-likeness (QED) is 0.429. The molecule has 0 radical (unpaired) electrons. The van der Waals surface area contributed by atoms with Crippen molar-refractivity contribution in [2.45, 2.75) is 65.5 Å². The van der Waals surface area contributed by atoms with Crippen LogP contribution in [0.4, 0.5) is 11.4 Å². The standard InChI is InChI=1S/C26H30ClN3O/c1-16(2)30-24-11-17(3)19(13-21(24)18(4)14-26(30,5)6)12-20(15-28)25(31)29-23-10-8-7-9-22(23)27/h7-13,16,18H,14H2,1-6H3,(H,29,31)/b20-12-/t18-/m0/s1. The average Bonchev–Trinajstić information content (AvgIpc) is 2.67. The van der Waals surface area contributed by atoms with Crippen molar-refractivity contribution < 1.29 is 4.79 Å². The zero-order chi connectivity index (χ0) is 22.9. The number of hydrogen-bond donors (Lipinski definition) is 1. The summed E-state index contributed by atoms with van der Waals surface area (Å²) in [4.78, 5) is 15.2. The Morgan fingerprint density at radius 3 is 2.61 bits per heavy atom. The first-order valence-corrected chi connectivity index (χ1v) is 11.0. The number of rotatable bonds is 4. The van der Waals surface area contributed by atoms with Crippen LogP contribution >= 0.6 is 11.6 Å². The Kier molecular flexibility index (Phi) is 6.48. The molecule has 0 unspecified atom stereocenters. The van der Waals surface area contributed by atoms with Gasteiger partial charge in [-0.05, 0) is 94.0 Å². The van der Waals surface area contributed by atoms with Gasteiger partial charge in [0.1, 0.15) is 11.6 Å². The fraction of sp³-hybridized carbons (Fsp3) is 0.385. The van der Waals surface area contributed by atoms with Gasteiger partial charge < -0.3 is 10.2 Å². The number of nitrogens with one attached hydrogen (secondary N) is 1. The van der Waals surface area contributed by atoms with Crippen LogP contribution in [0.25, 0.3) is 6.08 Å². The van der Waals surface area contributed by atoms with E-state index < -0.39 is 5.91 Å². The normalized spacial score (nSPS) is 17.8. The van der Waals surface area contributed by atoms with Crippen LogP contribution in [-0.2, 0) is 4.79 Å². The van der Waals surface area contributed by atoms with Gasteiger partial charge in [0.25, 0.3) is 5.91 Å². The number of carbonyl (C=O) groups excluding carboxylic acids is 1. The van der Waals surface area contributed by atoms with Crippen molar-refractivity contribution in [3.05, 3.63) is 63.7 Å². The molecule has 1 atom stereocenters. The molecule has 0 spiro atoms. The summed E-state index contributed by atoms with van der Waals surface area (Å²) >= 11 is 6.14. The lowest BCUT2D eigenvalue weighted by atomic mass is 9.78. The van der Waals surface area contributed by atoms with E-state index in [-0.39, 0.29) is 11.1 Å². The zero-order valence-corrected chi connectivity index (χ0v) is 19.8. The topological polar surface area (TPSA) is 56.1 Å². The van der Waals surface area contributed by atoms with Gasteiger partial charge in [0.15, 0.2) is 0 Å². The second-order valence-electron chi connectivity index (χ2n) is 9.25. The summed E-state index contributed by atoms with van der Waals surface area (Å²) in [6.07, 6.45) is 2.72. The minimum absolute atomic E-state index is 0.0486. The second-order valence-corrected chi connectivity index (χ2v) is 9.66. The van der Waals surface area contributed by atoms with Crippen LogP contribution in [0.15, 0.2) is 42.0 Å². The van der Waals surface area contributed by atoms with Gasteiger partial charge >= 0.3 is 0 Å². The molecule has 0 aromatic heterocycles. The minimum atomic E-state index is -0.467. The third-order valence-corrected chi connectivity index (χ3v) is 6.30. The van der Waals surface area contributed by atoms with Crippen molar-refractivity contribution >= 4 is 35.0 Å². The lowest BCUT2D eigenvalue weighted by Crippen LogP contribution is -2.51. The number of hydrogen-bond acceptors (Lipinski definition) is 3. The SMILES string of the molecule is Cc1cc2c(cc1/C=C(/C#N)C(=O)Nc1ccccc1Cl)[C@@H](C)CC(C)(C)N2C(C)C. The summed E-state index contributed by atoms with van der Waals surface area (Å²) in [5.41, 5.74) is 5.03. The summed E-state index contributed by atoms with van der Waals surface area (Å²) in [5.74, 6) is -0.0825. The third kappa shape index (κ3) is 4.62. The number of carbonyl (C=O) groups is 1. The van der Waals surface area contributed by atoms with Crippen LogP contribution in [0, 0.1) is 18.3 Å². The molecule has 0 fully saturated rings. The number of nitrogens with zero attached hydrogens (tertiary/aromatic N) is 2. The lowest BCUT2D eigenvalue weighted by Gasteiger charge is -2.50. The predicted molar refractivity (Wildman–Crippen MR) is 130 cm³/mol. The molecule has 1 heterocycles. The van der Waals surface area contributed by atoms with E-state index in [1.165, 1.54) is 11.3 Å². The molecule has 0 aliphatic carbocycles. The molecule has 1 N–H and O–H groups in total. The average molecular weight is 436 g/mol. The van der Waals surface area contributed by atoms with E-state index in [0.717, 1.165) is 17.5 Å². The van der Waals surface area contributed by atoms with E-state index in [1.807, 2.05) is 13.0 Å². The van der Waals surface area contributed by atoms with Gasteiger partial charge in [0.05, 0.1) is 10.7 Å². The van der Waals surface area contributed by atoms with Gasteiger partial charge in [-0.25, -0.2) is 0 Å². The lowest BCUT2D eigenvalue weighted by molar-refractivity contribution is -0.112. The van der Waals surface area contributed by atoms with E-state index >= 15 is 0 Å². The Morgan fingerprint density at radius 2 is 2.00 bits per heavy atom. The maximum atomic E-state index is 12.7. The number of para-hydroxylation sites is 1. The predicted octanol–water partition coefficient (Wildman–Crippen LogP) is 6.69. The van der Waals surface area contributed by atoms with Crippen molar-refractivity contribution in [1.82, 2.24) is 0 Å². The number of amides is 1. The van der Waals surface area contributed by atoms with Gasteiger partial charge in [0, 0.05) is 17.3 Å². The Balaban J connectivity index is 2.01. The Bertz CT molecular complexity index is 1080. The molecule has 1 aliphatic rings. The van der Waals surface area contributed by atoms with Crippen LogP contribution < -0.4 is 10.2 Å². The highest BCUT2D eigenvalue weighted by Gasteiger charge is 2.37. The van der Waals surface area contributed by atoms with Crippen molar-refractivity contribution in [3.63, 3.8) is 0 Å². The molecular weight excluding hydrogens is 406 g/mol. The van der Waals surface area contributed by atoms with Crippen LogP contribution in [0.1, 0.15) is 63.6 Å². The molecular formula is C26H30ClN3O. The molecule has 0 saturated heterocycles. The molecule has 3 rings (SSSR count). The number of anilines is 2. The van der Waals surface area contributed by atoms with Crippen molar-refractivity contribution in [3.8, 4) is 6.07 Å². The summed E-state index contributed by atoms with van der Waals surface area (Å²) in [7, 11) is 0. The molecule has 4 nitrogen and oxygen atoms in total. The number of nitriles is 1. The fourth-order valence-corrected chi connectivity index (χ4v) is 4.99. The maximum absolute atomic E-state index is 12.7. The van der Waals surface area contributed by atoms with E-state index in [1.54, 1.807) is 30.3 Å². The van der Waals surface area contributed by atoms with Crippen LogP contribution in [-0.4, -0.2) is 17.5 Å². The molecule has 2 aromatic rings. The Morgan fingerprint density at radius 1 is 1.32 bits per heavy atom. The zero-order valence-electron chi connectivity index (χ0n) is 19.1. The summed E-state index contributed by atoms with van der Waals surface area (Å²) in [6, 6.07) is 13.7. The number of halogens is 1. The molecule has 0 bridgehead atoms. The Hall–Kier alpha value is -2.77. The van der Waals surface area contributed by atoms with Crippen LogP contribution in [0.2, 0.25) is 5.02 Å². The summed E-state index contributed by atoms with van der Waals surface area (Å²) in [6.45, 7) is 13.3. The first-order chi connectivity index (χ1) is 14.5. The molecule has 2 aromatic carbocycles. The molecule has 1 amide bonds. The monoisotopic (exact) mass is 435 g/mol. The largest absolute Gasteiger partial charge is 0.364 e. The van der Waals surface area contributed by atoms with Gasteiger partial charge in [-0.2, -0.15) is 5.26 Å². The number of benzene rings is 2. The Labute approximate surface area is 190 Å². The van der Waals surface area contributed by atoms with Gasteiger partial charge in [-0.15, -0.1) is 0 Å². The van der Waals surface area contributed by atoms with E-state index in [2.05, 4.69) is 57.0 Å².